The van der Waals surface area contributed by atoms with Crippen molar-refractivity contribution in [2.24, 2.45) is 5.73 Å². The first kappa shape index (κ1) is 36.9. The van der Waals surface area contributed by atoms with Crippen LogP contribution >= 0.6 is 0 Å². The average molecular weight is 829 g/mol. The summed E-state index contributed by atoms with van der Waals surface area (Å²) in [5, 5.41) is 15.1. The van der Waals surface area contributed by atoms with Crippen LogP contribution in [0.4, 0.5) is 5.88 Å². The van der Waals surface area contributed by atoms with Gasteiger partial charge in [-0.2, -0.15) is 0 Å². The van der Waals surface area contributed by atoms with E-state index in [1.807, 2.05) is 61.2 Å². The van der Waals surface area contributed by atoms with Gasteiger partial charge in [0.2, 0.25) is 11.6 Å². The van der Waals surface area contributed by atoms with Gasteiger partial charge in [0.1, 0.15) is 0 Å². The van der Waals surface area contributed by atoms with Crippen LogP contribution in [0.2, 0.25) is 0 Å². The van der Waals surface area contributed by atoms with Gasteiger partial charge in [0.15, 0.2) is 0 Å². The van der Waals surface area contributed by atoms with Gasteiger partial charge in [-0.1, -0.05) is 48.5 Å². The largest absolute Gasteiger partial charge is 0.420 e. The minimum absolute atomic E-state index is 0.382. The zero-order valence-corrected chi connectivity index (χ0v) is 34.4. The van der Waals surface area contributed by atoms with E-state index in [2.05, 4.69) is 144 Å². The quantitative estimate of drug-likeness (QED) is 0.153. The zero-order chi connectivity index (χ0) is 42.7. The summed E-state index contributed by atoms with van der Waals surface area (Å²) in [6.07, 6.45) is 12.9. The highest BCUT2D eigenvalue weighted by molar-refractivity contribution is 6.09. The number of rotatable bonds is 8. The second-order valence-electron chi connectivity index (χ2n) is 15.6. The van der Waals surface area contributed by atoms with Crippen molar-refractivity contribution in [2.45, 2.75) is 0 Å². The van der Waals surface area contributed by atoms with Gasteiger partial charge in [0.25, 0.3) is 0 Å². The molecule has 0 spiro atoms. The van der Waals surface area contributed by atoms with E-state index in [0.29, 0.717) is 23.0 Å². The number of nitrogens with two attached hydrogens (primary N) is 1. The predicted octanol–water partition coefficient (Wildman–Crippen LogP) is 11.5. The molecule has 0 saturated heterocycles. The van der Waals surface area contributed by atoms with Gasteiger partial charge in [-0.3, -0.25) is 19.9 Å². The number of nitrogens with one attached hydrogen (secondary N) is 1. The van der Waals surface area contributed by atoms with Gasteiger partial charge in [-0.15, -0.1) is 10.2 Å². The smallest absolute Gasteiger partial charge is 0.248 e. The van der Waals surface area contributed by atoms with Crippen LogP contribution < -0.4 is 11.1 Å². The van der Waals surface area contributed by atoms with Crippen molar-refractivity contribution in [1.29, 1.82) is 0 Å². The van der Waals surface area contributed by atoms with Gasteiger partial charge in [-0.25, -0.2) is 0 Å². The highest BCUT2D eigenvalue weighted by Gasteiger charge is 2.19. The topological polar surface area (TPSA) is 138 Å². The highest BCUT2D eigenvalue weighted by atomic mass is 16.4. The summed E-state index contributed by atoms with van der Waals surface area (Å²) in [5.41, 5.74) is 22.9. The van der Waals surface area contributed by atoms with Crippen LogP contribution in [0.15, 0.2) is 181 Å². The number of hydrogen-bond donors (Lipinski definition) is 2. The van der Waals surface area contributed by atoms with Crippen molar-refractivity contribution in [3.8, 4) is 44.9 Å². The van der Waals surface area contributed by atoms with E-state index in [1.54, 1.807) is 19.4 Å². The molecule has 12 rings (SSSR count). The number of pyridine rings is 4. The first-order chi connectivity index (χ1) is 31.6. The zero-order valence-electron chi connectivity index (χ0n) is 34.4. The molecule has 11 nitrogen and oxygen atoms in total. The molecule has 8 heterocycles. The normalized spacial score (nSPS) is 12.0. The van der Waals surface area contributed by atoms with Crippen LogP contribution in [0.1, 0.15) is 11.1 Å². The molecule has 0 amide bonds. The van der Waals surface area contributed by atoms with Gasteiger partial charge in [-0.05, 0) is 108 Å². The average Bonchev–Trinajstić information content (AvgIpc) is 4.01. The van der Waals surface area contributed by atoms with Crippen molar-refractivity contribution < 1.29 is 4.42 Å². The fourth-order valence-electron chi connectivity index (χ4n) is 8.87. The first-order valence-corrected chi connectivity index (χ1v) is 20.9. The Balaban J connectivity index is 0.892. The van der Waals surface area contributed by atoms with E-state index in [0.717, 1.165) is 99.6 Å². The third-order valence-electron chi connectivity index (χ3n) is 11.9. The fraction of sp³-hybridized carbons (Fsp3) is 0.0189. The van der Waals surface area contributed by atoms with E-state index < -0.39 is 0 Å². The van der Waals surface area contributed by atoms with Gasteiger partial charge >= 0.3 is 0 Å². The van der Waals surface area contributed by atoms with E-state index >= 15 is 0 Å². The van der Waals surface area contributed by atoms with Crippen molar-refractivity contribution in [3.05, 3.63) is 188 Å². The number of benzene rings is 4. The van der Waals surface area contributed by atoms with Crippen LogP contribution in [-0.4, -0.2) is 46.3 Å². The van der Waals surface area contributed by atoms with Crippen molar-refractivity contribution in [1.82, 2.24) is 39.3 Å². The molecule has 4 aromatic carbocycles. The molecule has 0 unspecified atom stereocenters. The number of fused-ring (bicyclic) bond motifs is 7. The molecule has 64 heavy (non-hydrogen) atoms. The molecule has 0 bridgehead atoms. The van der Waals surface area contributed by atoms with Crippen molar-refractivity contribution in [2.75, 3.05) is 12.4 Å². The fourth-order valence-corrected chi connectivity index (χ4v) is 8.87. The van der Waals surface area contributed by atoms with E-state index in [1.165, 1.54) is 0 Å². The molecule has 0 aliphatic heterocycles. The van der Waals surface area contributed by atoms with Crippen LogP contribution in [0.25, 0.3) is 112 Å². The minimum atomic E-state index is 0.382. The Kier molecular flexibility index (Phi) is 8.58. The molecule has 3 N–H and O–H groups in total. The molecular formula is C53H36N10O. The number of nitrogens with zero attached hydrogens (tertiary/aromatic N) is 8. The molecule has 12 aromatic rings. The van der Waals surface area contributed by atoms with Crippen molar-refractivity contribution in [3.63, 3.8) is 0 Å². The second kappa shape index (κ2) is 14.9. The van der Waals surface area contributed by atoms with E-state index in [4.69, 9.17) is 20.1 Å². The first-order valence-electron chi connectivity index (χ1n) is 20.9. The highest BCUT2D eigenvalue weighted by Crippen LogP contribution is 2.38. The monoisotopic (exact) mass is 828 g/mol. The standard InChI is InChI=1S/C53H36N10O/c1-55-52-40(26-44(54)36-22-34(28-56-30-36)32-16-18-46-42(24-32)50-48(14-8-20-58-50)62(46)38-10-4-2-5-11-38)41-27-45(60-61-53(41)64-52)37-23-35(29-57-31-37)33-17-19-47-43(25-33)51-49(15-9-21-59-51)63(47)39-12-6-3-7-13-39/h2-31,55H,54H2,1H3/b44-26-. The molecule has 0 atom stereocenters. The maximum Gasteiger partial charge on any atom is 0.248 e. The second-order valence-corrected chi connectivity index (χ2v) is 15.6. The Hall–Kier alpha value is -8.96. The lowest BCUT2D eigenvalue weighted by atomic mass is 10.0. The SMILES string of the molecule is CNc1oc2nnc(-c3cncc(-c4ccc5c(c4)c4ncccc4n5-c4ccccc4)c3)cc2c1/C=C(\N)c1cncc(-c2ccc3c(c2)c2ncccc2n3-c2ccccc2)c1. The van der Waals surface area contributed by atoms with Crippen molar-refractivity contribution >= 4 is 72.6 Å². The number of aromatic nitrogens is 8. The van der Waals surface area contributed by atoms with Crippen LogP contribution in [0, 0.1) is 0 Å². The molecule has 304 valence electrons. The summed E-state index contributed by atoms with van der Waals surface area (Å²) < 4.78 is 10.7. The van der Waals surface area contributed by atoms with Crippen LogP contribution in [0.5, 0.6) is 0 Å². The molecule has 0 aliphatic rings. The Morgan fingerprint density at radius 1 is 0.547 bits per heavy atom. The Labute approximate surface area is 365 Å². The minimum Gasteiger partial charge on any atom is -0.420 e. The molecule has 8 aromatic heterocycles. The Morgan fingerprint density at radius 3 is 1.73 bits per heavy atom. The maximum absolute atomic E-state index is 6.91. The molecule has 0 aliphatic carbocycles. The third-order valence-corrected chi connectivity index (χ3v) is 11.9. The number of anilines is 1. The van der Waals surface area contributed by atoms with Crippen LogP contribution in [0.3, 0.4) is 0 Å². The maximum atomic E-state index is 6.91. The van der Waals surface area contributed by atoms with Gasteiger partial charge in [0.05, 0.1) is 44.2 Å². The van der Waals surface area contributed by atoms with E-state index in [9.17, 15) is 0 Å². The van der Waals surface area contributed by atoms with Crippen LogP contribution in [-0.2, 0) is 0 Å². The number of hydrogen-bond acceptors (Lipinski definition) is 9. The van der Waals surface area contributed by atoms with Gasteiger partial charge < -0.3 is 24.6 Å². The third kappa shape index (κ3) is 6.05. The molecular weight excluding hydrogens is 793 g/mol. The summed E-state index contributed by atoms with van der Waals surface area (Å²) in [5.74, 6) is 0.518. The summed E-state index contributed by atoms with van der Waals surface area (Å²) in [6, 6.07) is 47.9. The molecule has 11 heteroatoms. The number of para-hydroxylation sites is 2. The summed E-state index contributed by atoms with van der Waals surface area (Å²) >= 11 is 0. The lowest BCUT2D eigenvalue weighted by molar-refractivity contribution is 0.612. The van der Waals surface area contributed by atoms with Gasteiger partial charge in [0, 0.05) is 99.9 Å². The predicted molar refractivity (Wildman–Crippen MR) is 256 cm³/mol. The lowest BCUT2D eigenvalue weighted by Gasteiger charge is -2.09. The summed E-state index contributed by atoms with van der Waals surface area (Å²) in [4.78, 5) is 18.9. The molecule has 0 radical (unpaired) electrons. The molecule has 0 saturated carbocycles. The molecule has 0 fully saturated rings. The summed E-state index contributed by atoms with van der Waals surface area (Å²) in [7, 11) is 1.80. The van der Waals surface area contributed by atoms with E-state index in [-0.39, 0.29) is 0 Å². The number of furan rings is 1. The Bertz CT molecular complexity index is 3790. The summed E-state index contributed by atoms with van der Waals surface area (Å²) in [6.45, 7) is 0. The lowest BCUT2D eigenvalue weighted by Crippen LogP contribution is -1.98. The Morgan fingerprint density at radius 2 is 1.12 bits per heavy atom.